The lowest BCUT2D eigenvalue weighted by Gasteiger charge is -2.34. The summed E-state index contributed by atoms with van der Waals surface area (Å²) in [5.74, 6) is 1.33. The van der Waals surface area contributed by atoms with Crippen molar-refractivity contribution in [3.8, 4) is 0 Å². The van der Waals surface area contributed by atoms with Crippen molar-refractivity contribution >= 4 is 17.7 Å². The predicted octanol–water partition coefficient (Wildman–Crippen LogP) is 0.898. The molecule has 21 heavy (non-hydrogen) atoms. The molecule has 0 unspecified atom stereocenters. The summed E-state index contributed by atoms with van der Waals surface area (Å²) < 4.78 is 5.45. The van der Waals surface area contributed by atoms with Gasteiger partial charge in [-0.2, -0.15) is 11.8 Å². The number of carbonyl (C=O) groups is 1. The molecule has 0 aromatic carbocycles. The Hall–Kier alpha value is -0.300. The van der Waals surface area contributed by atoms with Crippen molar-refractivity contribution in [1.29, 1.82) is 0 Å². The molecule has 1 saturated heterocycles. The maximum atomic E-state index is 11.9. The zero-order chi connectivity index (χ0) is 15.5. The van der Waals surface area contributed by atoms with Crippen molar-refractivity contribution in [3.63, 3.8) is 0 Å². The van der Waals surface area contributed by atoms with Crippen LogP contribution in [0.4, 0.5) is 0 Å². The number of ether oxygens (including phenoxy) is 1. The van der Waals surface area contributed by atoms with E-state index in [2.05, 4.69) is 21.4 Å². The van der Waals surface area contributed by atoms with Crippen LogP contribution < -0.4 is 5.32 Å². The van der Waals surface area contributed by atoms with Crippen LogP contribution in [0.25, 0.3) is 0 Å². The average molecular weight is 317 g/mol. The number of hydrogen-bond acceptors (Lipinski definition) is 5. The van der Waals surface area contributed by atoms with Gasteiger partial charge in [-0.05, 0) is 26.5 Å². The maximum absolute atomic E-state index is 11.9. The van der Waals surface area contributed by atoms with Gasteiger partial charge in [-0.3, -0.25) is 14.6 Å². The Labute approximate surface area is 133 Å². The van der Waals surface area contributed by atoms with Crippen molar-refractivity contribution in [2.75, 3.05) is 64.4 Å². The number of amides is 1. The molecular formula is C15H31N3O2S. The Morgan fingerprint density at radius 2 is 1.90 bits per heavy atom. The molecule has 124 valence electrons. The van der Waals surface area contributed by atoms with Crippen LogP contribution in [0, 0.1) is 0 Å². The molecule has 0 spiro atoms. The highest BCUT2D eigenvalue weighted by molar-refractivity contribution is 7.98. The molecule has 1 amide bonds. The molecule has 1 heterocycles. The molecular weight excluding hydrogens is 286 g/mol. The van der Waals surface area contributed by atoms with Crippen molar-refractivity contribution in [3.05, 3.63) is 0 Å². The van der Waals surface area contributed by atoms with Gasteiger partial charge in [-0.25, -0.2) is 0 Å². The van der Waals surface area contributed by atoms with Gasteiger partial charge < -0.3 is 10.1 Å². The van der Waals surface area contributed by atoms with Crippen LogP contribution in [0.1, 0.15) is 20.3 Å². The van der Waals surface area contributed by atoms with E-state index in [1.807, 2.05) is 25.6 Å². The van der Waals surface area contributed by atoms with Gasteiger partial charge in [0.25, 0.3) is 0 Å². The van der Waals surface area contributed by atoms with E-state index in [1.165, 1.54) is 5.75 Å². The number of carbonyl (C=O) groups excluding carboxylic acids is 1. The first-order chi connectivity index (χ1) is 10.1. The molecule has 0 aromatic rings. The summed E-state index contributed by atoms with van der Waals surface area (Å²) in [6.07, 6.45) is 3.29. The molecule has 0 radical (unpaired) electrons. The molecule has 0 aliphatic carbocycles. The smallest absolute Gasteiger partial charge is 0.234 e. The first-order valence-corrected chi connectivity index (χ1v) is 9.33. The number of rotatable bonds is 10. The largest absolute Gasteiger partial charge is 0.379 e. The zero-order valence-corrected chi connectivity index (χ0v) is 14.6. The number of thioether (sulfide) groups is 1. The minimum absolute atomic E-state index is 0.136. The first kappa shape index (κ1) is 18.7. The number of hydrogen-bond donors (Lipinski definition) is 1. The molecule has 1 fully saturated rings. The molecule has 1 N–H and O–H groups in total. The Kier molecular flexibility index (Phi) is 10.1. The quantitative estimate of drug-likeness (QED) is 0.607. The summed E-state index contributed by atoms with van der Waals surface area (Å²) >= 11 is 1.89. The molecule has 1 aliphatic heterocycles. The SMILES string of the molecule is CSCCN1CCN(CC(=O)NCCCOC(C)C)CC1. The maximum Gasteiger partial charge on any atom is 0.234 e. The fourth-order valence-corrected chi connectivity index (χ4v) is 2.71. The summed E-state index contributed by atoms with van der Waals surface area (Å²) in [7, 11) is 0. The van der Waals surface area contributed by atoms with Gasteiger partial charge in [0.1, 0.15) is 0 Å². The van der Waals surface area contributed by atoms with E-state index >= 15 is 0 Å². The van der Waals surface area contributed by atoms with E-state index in [4.69, 9.17) is 4.74 Å². The summed E-state index contributed by atoms with van der Waals surface area (Å²) in [6, 6.07) is 0. The van der Waals surface area contributed by atoms with Crippen LogP contribution in [0.15, 0.2) is 0 Å². The van der Waals surface area contributed by atoms with Crippen molar-refractivity contribution in [2.24, 2.45) is 0 Å². The van der Waals surface area contributed by atoms with Crippen molar-refractivity contribution in [2.45, 2.75) is 26.4 Å². The summed E-state index contributed by atoms with van der Waals surface area (Å²) in [6.45, 7) is 11.3. The third kappa shape index (κ3) is 9.34. The molecule has 6 heteroatoms. The monoisotopic (exact) mass is 317 g/mol. The fraction of sp³-hybridized carbons (Fsp3) is 0.933. The zero-order valence-electron chi connectivity index (χ0n) is 13.8. The molecule has 0 atom stereocenters. The Morgan fingerprint density at radius 1 is 1.24 bits per heavy atom. The van der Waals surface area contributed by atoms with Gasteiger partial charge in [-0.15, -0.1) is 0 Å². The second-order valence-corrected chi connectivity index (χ2v) is 6.72. The van der Waals surface area contributed by atoms with E-state index in [0.717, 1.165) is 39.1 Å². The first-order valence-electron chi connectivity index (χ1n) is 7.93. The third-order valence-electron chi connectivity index (χ3n) is 3.54. The molecule has 5 nitrogen and oxygen atoms in total. The minimum Gasteiger partial charge on any atom is -0.379 e. The van der Waals surface area contributed by atoms with E-state index in [-0.39, 0.29) is 12.0 Å². The van der Waals surface area contributed by atoms with Crippen LogP contribution in [-0.2, 0) is 9.53 Å². The van der Waals surface area contributed by atoms with Crippen molar-refractivity contribution < 1.29 is 9.53 Å². The van der Waals surface area contributed by atoms with Gasteiger partial charge in [-0.1, -0.05) is 0 Å². The van der Waals surface area contributed by atoms with E-state index in [0.29, 0.717) is 19.7 Å². The van der Waals surface area contributed by atoms with Gasteiger partial charge in [0.15, 0.2) is 0 Å². The van der Waals surface area contributed by atoms with E-state index < -0.39 is 0 Å². The lowest BCUT2D eigenvalue weighted by atomic mass is 10.3. The van der Waals surface area contributed by atoms with Gasteiger partial charge in [0.2, 0.25) is 5.91 Å². The molecule has 0 aromatic heterocycles. The fourth-order valence-electron chi connectivity index (χ4n) is 2.27. The normalized spacial score (nSPS) is 17.3. The lowest BCUT2D eigenvalue weighted by molar-refractivity contribution is -0.122. The number of nitrogens with zero attached hydrogens (tertiary/aromatic N) is 2. The van der Waals surface area contributed by atoms with E-state index in [9.17, 15) is 4.79 Å². The van der Waals surface area contributed by atoms with Crippen LogP contribution in [0.5, 0.6) is 0 Å². The Morgan fingerprint density at radius 3 is 2.52 bits per heavy atom. The van der Waals surface area contributed by atoms with Gasteiger partial charge >= 0.3 is 0 Å². The number of piperazine rings is 1. The molecule has 0 bridgehead atoms. The predicted molar refractivity (Wildman–Crippen MR) is 90.0 cm³/mol. The average Bonchev–Trinajstić information content (AvgIpc) is 2.46. The summed E-state index contributed by atoms with van der Waals surface area (Å²) in [5, 5.41) is 2.97. The van der Waals surface area contributed by atoms with E-state index in [1.54, 1.807) is 0 Å². The number of nitrogens with one attached hydrogen (secondary N) is 1. The highest BCUT2D eigenvalue weighted by Crippen LogP contribution is 2.03. The second-order valence-electron chi connectivity index (χ2n) is 5.73. The lowest BCUT2D eigenvalue weighted by Crippen LogP contribution is -2.49. The molecule has 1 aliphatic rings. The van der Waals surface area contributed by atoms with Gasteiger partial charge in [0.05, 0.1) is 12.6 Å². The van der Waals surface area contributed by atoms with Crippen LogP contribution in [0.2, 0.25) is 0 Å². The molecule has 1 rings (SSSR count). The third-order valence-corrected chi connectivity index (χ3v) is 4.13. The van der Waals surface area contributed by atoms with Gasteiger partial charge in [0, 0.05) is 51.6 Å². The highest BCUT2D eigenvalue weighted by Gasteiger charge is 2.18. The minimum atomic E-state index is 0.136. The second kappa shape index (κ2) is 11.3. The van der Waals surface area contributed by atoms with Crippen LogP contribution in [0.3, 0.4) is 0 Å². The van der Waals surface area contributed by atoms with Crippen molar-refractivity contribution in [1.82, 2.24) is 15.1 Å². The topological polar surface area (TPSA) is 44.8 Å². The Balaban J connectivity index is 2.02. The molecule has 0 saturated carbocycles. The van der Waals surface area contributed by atoms with Crippen LogP contribution in [-0.4, -0.2) is 86.2 Å². The summed E-state index contributed by atoms with van der Waals surface area (Å²) in [4.78, 5) is 16.6. The Bertz CT molecular complexity index is 282. The standard InChI is InChI=1S/C15H31N3O2S/c1-14(2)20-11-4-5-16-15(19)13-18-8-6-17(7-9-18)10-12-21-3/h14H,4-13H2,1-3H3,(H,16,19). The van der Waals surface area contributed by atoms with Crippen LogP contribution >= 0.6 is 11.8 Å². The summed E-state index contributed by atoms with van der Waals surface area (Å²) in [5.41, 5.74) is 0. The highest BCUT2D eigenvalue weighted by atomic mass is 32.2.